The average Bonchev–Trinajstić information content (AvgIpc) is 1.55. The second-order valence-electron chi connectivity index (χ2n) is 34.7. The van der Waals surface area contributed by atoms with Crippen LogP contribution in [0.4, 0.5) is 90.2 Å². The molecule has 8 aromatic heterocycles. The summed E-state index contributed by atoms with van der Waals surface area (Å²) in [7, 11) is 13.8. The number of piperazine rings is 4. The molecule has 145 heavy (non-hydrogen) atoms. The number of hydrogen-bond donors (Lipinski definition) is 7. The first-order chi connectivity index (χ1) is 70.4. The fraction of sp³-hybridized carbons (Fsp3) is 0.311. The van der Waals surface area contributed by atoms with Gasteiger partial charge in [0.05, 0.1) is 153 Å². The molecular formula is C103H119FN32O9. The van der Waals surface area contributed by atoms with Gasteiger partial charge in [-0.1, -0.05) is 58.5 Å². The number of anilines is 13. The van der Waals surface area contributed by atoms with Crippen molar-refractivity contribution in [2.75, 3.05) is 206 Å². The summed E-state index contributed by atoms with van der Waals surface area (Å²) in [6.45, 7) is 32.2. The third kappa shape index (κ3) is 24.2. The van der Waals surface area contributed by atoms with E-state index in [0.717, 1.165) is 216 Å². The van der Waals surface area contributed by atoms with E-state index in [9.17, 15) is 29.4 Å². The first-order valence-corrected chi connectivity index (χ1v) is 47.8. The Morgan fingerprint density at radius 3 is 1.03 bits per heavy atom. The monoisotopic (exact) mass is 1970 g/mol. The number of carbonyl (C=O) groups is 1. The van der Waals surface area contributed by atoms with Crippen molar-refractivity contribution >= 4 is 135 Å². The third-order valence-corrected chi connectivity index (χ3v) is 26.1. The lowest BCUT2D eigenvalue weighted by Crippen LogP contribution is -2.46. The van der Waals surface area contributed by atoms with Crippen LogP contribution in [0.5, 0.6) is 23.0 Å². The molecule has 4 fully saturated rings. The minimum atomic E-state index is -0.981. The highest BCUT2D eigenvalue weighted by atomic mass is 19.1. The summed E-state index contributed by atoms with van der Waals surface area (Å²) in [6.07, 6.45) is 14.5. The van der Waals surface area contributed by atoms with Gasteiger partial charge in [0, 0.05) is 237 Å². The lowest BCUT2D eigenvalue weighted by Gasteiger charge is -2.36. The molecule has 12 heterocycles. The van der Waals surface area contributed by atoms with Gasteiger partial charge in [0.1, 0.15) is 77.3 Å². The van der Waals surface area contributed by atoms with Gasteiger partial charge in [0.15, 0.2) is 0 Å². The van der Waals surface area contributed by atoms with Gasteiger partial charge in [-0.3, -0.25) is 43.8 Å². The van der Waals surface area contributed by atoms with Crippen LogP contribution in [0.25, 0.3) is 88.6 Å². The van der Waals surface area contributed by atoms with Crippen LogP contribution < -0.4 is 71.3 Å². The summed E-state index contributed by atoms with van der Waals surface area (Å²) >= 11 is 0. The summed E-state index contributed by atoms with van der Waals surface area (Å²) in [5.41, 5.74) is 22.7. The molecule has 0 spiro atoms. The van der Waals surface area contributed by atoms with Crippen LogP contribution in [0.2, 0.25) is 0 Å². The van der Waals surface area contributed by atoms with Gasteiger partial charge in [0.2, 0.25) is 11.7 Å². The molecule has 42 heteroatoms. The van der Waals surface area contributed by atoms with Crippen molar-refractivity contribution in [1.29, 1.82) is 0 Å². The number of benzene rings is 8. The number of hydrogen-bond acceptors (Lipinski definition) is 34. The van der Waals surface area contributed by atoms with Crippen LogP contribution in [0.3, 0.4) is 0 Å². The van der Waals surface area contributed by atoms with Crippen molar-refractivity contribution in [3.05, 3.63) is 234 Å². The Balaban J connectivity index is 0.000000135. The minimum absolute atomic E-state index is 0.0274. The fourth-order valence-electron chi connectivity index (χ4n) is 17.8. The van der Waals surface area contributed by atoms with E-state index in [4.69, 9.17) is 24.7 Å². The number of aryl methyl sites for hydroxylation is 4. The molecule has 8 aromatic carbocycles. The number of nitrogen functional groups attached to an aromatic ring is 1. The SMILES string of the molecule is C=CC(=O)Nc1cc(Nc2cc(-c3ccc4c(cnn4C)c3)ncn2)c(OC)cc1N1CCN(CC)CC1.CCN1CCN(c2cc(OC)c(Nc3cc(-c4ccc5c(cnn5C)c4)ncn3)cc2N)CC1.CCN1CCN(c2cc(OC)c(Nc3cc(-c4ccc5c(cnn5C)c4)ncn3)cc2[N+](=O)[O-])CC1.CCN1CCNCC1.COc1cc(F)c([N+](=O)[O-])cc1Nc1cc(-c2ccc3c(cnn3C)c2)ncn1. The maximum atomic E-state index is 13.8. The molecule has 1 amide bonds. The Kier molecular flexibility index (Phi) is 32.7. The summed E-state index contributed by atoms with van der Waals surface area (Å²) in [4.78, 5) is 85.4. The zero-order valence-corrected chi connectivity index (χ0v) is 83.2. The maximum Gasteiger partial charge on any atom is 0.307 e. The molecule has 0 bridgehead atoms. The van der Waals surface area contributed by atoms with E-state index in [1.807, 2.05) is 157 Å². The van der Waals surface area contributed by atoms with Crippen molar-refractivity contribution in [1.82, 2.24) is 104 Å². The second-order valence-corrected chi connectivity index (χ2v) is 34.7. The number of carbonyl (C=O) groups excluding carboxylic acids is 1. The van der Waals surface area contributed by atoms with Crippen molar-refractivity contribution in [3.63, 3.8) is 0 Å². The van der Waals surface area contributed by atoms with Gasteiger partial charge in [0.25, 0.3) is 5.69 Å². The summed E-state index contributed by atoms with van der Waals surface area (Å²) < 4.78 is 43.3. The van der Waals surface area contributed by atoms with E-state index in [-0.39, 0.29) is 28.0 Å². The highest BCUT2D eigenvalue weighted by molar-refractivity contribution is 6.02. The van der Waals surface area contributed by atoms with Gasteiger partial charge in [-0.2, -0.15) is 24.8 Å². The molecule has 0 atom stereocenters. The quantitative estimate of drug-likeness (QED) is 0.0109. The zero-order valence-electron chi connectivity index (χ0n) is 83.2. The number of methoxy groups -OCH3 is 4. The number of ether oxygens (including phenoxy) is 4. The molecule has 20 rings (SSSR count). The molecule has 41 nitrogen and oxygen atoms in total. The van der Waals surface area contributed by atoms with Crippen LogP contribution in [0.1, 0.15) is 27.7 Å². The van der Waals surface area contributed by atoms with Crippen molar-refractivity contribution in [2.24, 2.45) is 28.2 Å². The molecule has 4 aliphatic heterocycles. The van der Waals surface area contributed by atoms with E-state index < -0.39 is 16.4 Å². The van der Waals surface area contributed by atoms with Crippen LogP contribution in [0.15, 0.2) is 208 Å². The number of nitrogens with one attached hydrogen (secondary N) is 6. The third-order valence-electron chi connectivity index (χ3n) is 26.1. The topological polar surface area (TPSA) is 436 Å². The second kappa shape index (κ2) is 46.8. The van der Waals surface area contributed by atoms with Gasteiger partial charge < -0.3 is 90.9 Å². The first-order valence-electron chi connectivity index (χ1n) is 47.8. The zero-order chi connectivity index (χ0) is 102. The predicted molar refractivity (Wildman–Crippen MR) is 567 cm³/mol. The lowest BCUT2D eigenvalue weighted by atomic mass is 10.1. The van der Waals surface area contributed by atoms with Crippen LogP contribution >= 0.6 is 0 Å². The molecule has 0 saturated carbocycles. The number of halogens is 1. The van der Waals surface area contributed by atoms with Gasteiger partial charge >= 0.3 is 5.69 Å². The predicted octanol–water partition coefficient (Wildman–Crippen LogP) is 15.1. The number of likely N-dealkylation sites (N-methyl/N-ethyl adjacent to an activating group) is 4. The molecule has 8 N–H and O–H groups in total. The normalized spacial score (nSPS) is 14.1. The van der Waals surface area contributed by atoms with Crippen LogP contribution in [-0.4, -0.2) is 274 Å². The number of rotatable bonds is 27. The highest BCUT2D eigenvalue weighted by Crippen LogP contribution is 2.44. The lowest BCUT2D eigenvalue weighted by molar-refractivity contribution is -0.387. The highest BCUT2D eigenvalue weighted by Gasteiger charge is 2.30. The summed E-state index contributed by atoms with van der Waals surface area (Å²) in [5.74, 6) is 2.88. The average molecular weight is 1970 g/mol. The Morgan fingerprint density at radius 1 is 0.393 bits per heavy atom. The standard InChI is InChI=1S/C28H32N8O2.C25H28N8O3.C25H30N8O.C19H15FN6O3.C6H14N2/c1-5-28(37)33-22-14-23(26(38-4)16-25(22)36-11-9-35(6-2)10-12-36)32-27-15-21(29-18-30-27)19-7-8-24-20(13-19)17-31-34(24)3;1-4-31-7-9-32(10-8-31)22-14-24(36-3)20(12-23(22)33(34)35)29-25-13-19(26-16-27-25)17-5-6-21-18(11-17)15-28-30(21)2;1-4-32-7-9-33(10-8-32)23-14-24(34-3)21(12-19(23)26)30-25-13-20(27-16-28-25)17-5-6-22-18(11-17)15-29-31(22)2;1-25-16-4-3-11(5-12(16)9-23-25)14-8-19(22-10-21-14)24-15-7-17(26(27)28)13(20)6-18(15)29-2;1-2-8-5-3-7-4-6-8/h5,7-8,13-18H,1,6,9-12H2,2-4H3,(H,33,37)(H,29,30,32);5-6,11-16H,4,7-10H2,1-3H3,(H,26,27,29);5-6,11-16H,4,7-10,26H2,1-3H3,(H,27,28,30);3-10H,1-2H3,(H,21,22,24);7H,2-6H2,1H3. The van der Waals surface area contributed by atoms with Crippen LogP contribution in [-0.2, 0) is 33.0 Å². The molecule has 16 aromatic rings. The Hall–Kier alpha value is -16.7. The number of fused-ring (bicyclic) bond motifs is 4. The van der Waals surface area contributed by atoms with E-state index in [1.165, 1.54) is 71.0 Å². The molecule has 0 radical (unpaired) electrons. The Labute approximate surface area is 837 Å². The number of nitrogens with zero attached hydrogens (tertiary/aromatic N) is 25. The summed E-state index contributed by atoms with van der Waals surface area (Å²) in [6, 6.07) is 44.5. The smallest absolute Gasteiger partial charge is 0.307 e. The number of nitro benzene ring substituents is 2. The number of nitrogens with two attached hydrogens (primary N) is 1. The van der Waals surface area contributed by atoms with Crippen LogP contribution in [0, 0.1) is 26.0 Å². The molecule has 0 unspecified atom stereocenters. The van der Waals surface area contributed by atoms with Gasteiger partial charge in [-0.05, 0) is 92.9 Å². The first kappa shape index (κ1) is 101. The van der Waals surface area contributed by atoms with Crippen molar-refractivity contribution < 1.29 is 38.0 Å². The Bertz CT molecular complexity index is 7290. The number of aromatic nitrogens is 16. The van der Waals surface area contributed by atoms with E-state index in [1.54, 1.807) is 56.7 Å². The van der Waals surface area contributed by atoms with E-state index in [0.29, 0.717) is 68.9 Å². The molecule has 752 valence electrons. The van der Waals surface area contributed by atoms with E-state index >= 15 is 0 Å². The number of nitro groups is 2. The maximum absolute atomic E-state index is 13.8. The minimum Gasteiger partial charge on any atom is -0.494 e. The molecule has 0 aliphatic carbocycles. The molecule has 4 saturated heterocycles. The van der Waals surface area contributed by atoms with E-state index in [2.05, 4.69) is 174 Å². The Morgan fingerprint density at radius 2 is 0.697 bits per heavy atom. The largest absolute Gasteiger partial charge is 0.494 e. The molecule has 4 aliphatic rings. The summed E-state index contributed by atoms with van der Waals surface area (Å²) in [5, 5.41) is 63.4. The molecular weight excluding hydrogens is 1850 g/mol. The van der Waals surface area contributed by atoms with Crippen molar-refractivity contribution in [2.45, 2.75) is 27.7 Å². The number of amides is 1. The van der Waals surface area contributed by atoms with Crippen molar-refractivity contribution in [3.8, 4) is 68.0 Å². The fourth-order valence-corrected chi connectivity index (χ4v) is 17.8. The van der Waals surface area contributed by atoms with Gasteiger partial charge in [-0.25, -0.2) is 39.9 Å². The van der Waals surface area contributed by atoms with Gasteiger partial charge in [-0.15, -0.1) is 0 Å².